The highest BCUT2D eigenvalue weighted by Gasteiger charge is 2.12. The van der Waals surface area contributed by atoms with E-state index >= 15 is 0 Å². The molecule has 0 saturated carbocycles. The van der Waals surface area contributed by atoms with Crippen molar-refractivity contribution in [2.45, 2.75) is 25.8 Å². The lowest BCUT2D eigenvalue weighted by atomic mass is 9.97. The maximum Gasteiger partial charge on any atom is 0.0749 e. The Morgan fingerprint density at radius 2 is 2.11 bits per heavy atom. The van der Waals surface area contributed by atoms with Gasteiger partial charge in [0.1, 0.15) is 0 Å². The number of aromatic nitrogens is 1. The highest BCUT2D eigenvalue weighted by Crippen LogP contribution is 2.26. The second kappa shape index (κ2) is 5.78. The molecule has 2 aromatic rings. The zero-order chi connectivity index (χ0) is 13.0. The van der Waals surface area contributed by atoms with Crippen molar-refractivity contribution in [3.63, 3.8) is 0 Å². The monoisotopic (exact) mass is 240 g/mol. The predicted octanol–water partition coefficient (Wildman–Crippen LogP) is 3.85. The number of hydrogen-bond donors (Lipinski definition) is 1. The van der Waals surface area contributed by atoms with Gasteiger partial charge in [0.25, 0.3) is 0 Å². The molecule has 1 unspecified atom stereocenters. The maximum absolute atomic E-state index is 4.51. The van der Waals surface area contributed by atoms with Gasteiger partial charge < -0.3 is 5.32 Å². The van der Waals surface area contributed by atoms with E-state index in [-0.39, 0.29) is 0 Å². The highest BCUT2D eigenvalue weighted by atomic mass is 14.9. The van der Waals surface area contributed by atoms with E-state index in [0.29, 0.717) is 6.04 Å². The van der Waals surface area contributed by atoms with Crippen molar-refractivity contribution in [3.05, 3.63) is 54.2 Å². The number of para-hydroxylation sites is 1. The molecule has 18 heavy (non-hydrogen) atoms. The first-order chi connectivity index (χ1) is 8.72. The first-order valence-electron chi connectivity index (χ1n) is 6.37. The average molecular weight is 240 g/mol. The van der Waals surface area contributed by atoms with Gasteiger partial charge in [-0.1, -0.05) is 29.8 Å². The van der Waals surface area contributed by atoms with Crippen LogP contribution in [0.2, 0.25) is 0 Å². The third kappa shape index (κ3) is 2.77. The fraction of sp³-hybridized carbons (Fsp3) is 0.312. The number of benzene rings is 1. The van der Waals surface area contributed by atoms with Gasteiger partial charge in [-0.3, -0.25) is 4.98 Å². The zero-order valence-electron chi connectivity index (χ0n) is 11.1. The van der Waals surface area contributed by atoms with Crippen LogP contribution in [0.5, 0.6) is 0 Å². The Morgan fingerprint density at radius 3 is 2.83 bits per heavy atom. The fourth-order valence-electron chi connectivity index (χ4n) is 2.26. The van der Waals surface area contributed by atoms with Crippen LogP contribution in [0.25, 0.3) is 10.9 Å². The summed E-state index contributed by atoms with van der Waals surface area (Å²) in [6, 6.07) is 10.8. The van der Waals surface area contributed by atoms with Gasteiger partial charge in [-0.2, -0.15) is 0 Å². The summed E-state index contributed by atoms with van der Waals surface area (Å²) in [7, 11) is 2.00. The van der Waals surface area contributed by atoms with Gasteiger partial charge in [-0.05, 0) is 38.4 Å². The molecule has 2 rings (SSSR count). The lowest BCUT2D eigenvalue weighted by molar-refractivity contribution is 0.551. The molecule has 0 bridgehead atoms. The summed E-state index contributed by atoms with van der Waals surface area (Å²) >= 11 is 0. The lowest BCUT2D eigenvalue weighted by Gasteiger charge is -2.18. The van der Waals surface area contributed by atoms with Crippen LogP contribution < -0.4 is 5.32 Å². The summed E-state index contributed by atoms with van der Waals surface area (Å²) in [5.74, 6) is 0. The van der Waals surface area contributed by atoms with Crippen molar-refractivity contribution in [2.75, 3.05) is 7.05 Å². The second-order valence-corrected chi connectivity index (χ2v) is 4.76. The molecule has 2 heteroatoms. The number of nitrogens with one attached hydrogen (secondary N) is 1. The minimum Gasteiger partial charge on any atom is -0.313 e. The van der Waals surface area contributed by atoms with Gasteiger partial charge in [0.2, 0.25) is 0 Å². The first kappa shape index (κ1) is 12.8. The van der Waals surface area contributed by atoms with Crippen molar-refractivity contribution >= 4 is 10.9 Å². The van der Waals surface area contributed by atoms with Gasteiger partial charge in [0.15, 0.2) is 0 Å². The number of rotatable bonds is 5. The molecule has 0 saturated heterocycles. The molecule has 0 spiro atoms. The van der Waals surface area contributed by atoms with Crippen molar-refractivity contribution in [1.82, 2.24) is 10.3 Å². The molecule has 0 aliphatic heterocycles. The summed E-state index contributed by atoms with van der Waals surface area (Å²) in [5.41, 5.74) is 3.60. The molecule has 1 atom stereocenters. The normalized spacial score (nSPS) is 12.6. The fourth-order valence-corrected chi connectivity index (χ4v) is 2.26. The average Bonchev–Trinajstić information content (AvgIpc) is 2.39. The highest BCUT2D eigenvalue weighted by molar-refractivity contribution is 5.81. The molecule has 94 valence electrons. The molecule has 0 radical (unpaired) electrons. The summed E-state index contributed by atoms with van der Waals surface area (Å²) in [4.78, 5) is 4.51. The molecular formula is C16H20N2. The van der Waals surface area contributed by atoms with Crippen LogP contribution in [0.4, 0.5) is 0 Å². The van der Waals surface area contributed by atoms with E-state index in [1.54, 1.807) is 0 Å². The molecule has 2 nitrogen and oxygen atoms in total. The van der Waals surface area contributed by atoms with Crippen molar-refractivity contribution in [2.24, 2.45) is 0 Å². The van der Waals surface area contributed by atoms with Crippen LogP contribution in [0, 0.1) is 0 Å². The number of fused-ring (bicyclic) bond motifs is 1. The van der Waals surface area contributed by atoms with E-state index in [0.717, 1.165) is 18.4 Å². The number of allylic oxidation sites excluding steroid dienone is 1. The van der Waals surface area contributed by atoms with E-state index in [2.05, 4.69) is 48.1 Å². The van der Waals surface area contributed by atoms with Gasteiger partial charge >= 0.3 is 0 Å². The number of nitrogens with zero attached hydrogens (tertiary/aromatic N) is 1. The van der Waals surface area contributed by atoms with Crippen LogP contribution in [0.3, 0.4) is 0 Å². The Hall–Kier alpha value is -1.67. The lowest BCUT2D eigenvalue weighted by Crippen LogP contribution is -2.17. The summed E-state index contributed by atoms with van der Waals surface area (Å²) in [6.07, 6.45) is 3.95. The maximum atomic E-state index is 4.51. The van der Waals surface area contributed by atoms with Crippen molar-refractivity contribution < 1.29 is 0 Å². The molecule has 0 aliphatic carbocycles. The van der Waals surface area contributed by atoms with Crippen LogP contribution >= 0.6 is 0 Å². The minimum atomic E-state index is 0.334. The summed E-state index contributed by atoms with van der Waals surface area (Å²) in [6.45, 7) is 6.05. The third-order valence-corrected chi connectivity index (χ3v) is 3.25. The Balaban J connectivity index is 2.35. The Bertz CT molecular complexity index is 540. The molecule has 0 amide bonds. The van der Waals surface area contributed by atoms with E-state index in [9.17, 15) is 0 Å². The van der Waals surface area contributed by atoms with E-state index in [4.69, 9.17) is 0 Å². The van der Waals surface area contributed by atoms with Crippen molar-refractivity contribution in [3.8, 4) is 0 Å². The molecule has 0 fully saturated rings. The first-order valence-corrected chi connectivity index (χ1v) is 6.37. The van der Waals surface area contributed by atoms with Crippen LogP contribution in [0.15, 0.2) is 48.7 Å². The second-order valence-electron chi connectivity index (χ2n) is 4.76. The van der Waals surface area contributed by atoms with E-state index in [1.807, 2.05) is 19.3 Å². The van der Waals surface area contributed by atoms with Gasteiger partial charge in [0, 0.05) is 17.6 Å². The van der Waals surface area contributed by atoms with Crippen LogP contribution in [0.1, 0.15) is 31.4 Å². The standard InChI is InChI=1S/C16H20N2/c1-12(2)9-10-15(17-3)14-8-4-6-13-7-5-11-18-16(13)14/h4-8,11,15,17H,1,9-10H2,2-3H3. The molecule has 0 aliphatic rings. The third-order valence-electron chi connectivity index (χ3n) is 3.25. The predicted molar refractivity (Wildman–Crippen MR) is 77.6 cm³/mol. The quantitative estimate of drug-likeness (QED) is 0.803. The largest absolute Gasteiger partial charge is 0.313 e. The van der Waals surface area contributed by atoms with Crippen molar-refractivity contribution in [1.29, 1.82) is 0 Å². The van der Waals surface area contributed by atoms with Gasteiger partial charge in [-0.15, -0.1) is 6.58 Å². The molecule has 1 aromatic heterocycles. The van der Waals surface area contributed by atoms with E-state index in [1.165, 1.54) is 16.5 Å². The molecule has 1 heterocycles. The zero-order valence-corrected chi connectivity index (χ0v) is 11.1. The Kier molecular flexibility index (Phi) is 4.11. The summed E-state index contributed by atoms with van der Waals surface area (Å²) < 4.78 is 0. The Morgan fingerprint density at radius 1 is 1.33 bits per heavy atom. The molecule has 1 N–H and O–H groups in total. The van der Waals surface area contributed by atoms with Crippen LogP contribution in [-0.4, -0.2) is 12.0 Å². The van der Waals surface area contributed by atoms with Gasteiger partial charge in [-0.25, -0.2) is 0 Å². The number of pyridine rings is 1. The van der Waals surface area contributed by atoms with Crippen LogP contribution in [-0.2, 0) is 0 Å². The molecule has 1 aromatic carbocycles. The van der Waals surface area contributed by atoms with Gasteiger partial charge in [0.05, 0.1) is 5.52 Å². The number of hydrogen-bond acceptors (Lipinski definition) is 2. The SMILES string of the molecule is C=C(C)CCC(NC)c1cccc2cccnc12. The summed E-state index contributed by atoms with van der Waals surface area (Å²) in [5, 5.41) is 4.58. The smallest absolute Gasteiger partial charge is 0.0749 e. The van der Waals surface area contributed by atoms with E-state index < -0.39 is 0 Å². The molecular weight excluding hydrogens is 220 g/mol. The minimum absolute atomic E-state index is 0.334. The topological polar surface area (TPSA) is 24.9 Å². The Labute approximate surface area is 109 Å².